The van der Waals surface area contributed by atoms with Crippen LogP contribution < -0.4 is 15.5 Å². The second-order valence-electron chi connectivity index (χ2n) is 6.51. The van der Waals surface area contributed by atoms with Crippen molar-refractivity contribution in [2.24, 2.45) is 5.10 Å². The zero-order valence-corrected chi connectivity index (χ0v) is 18.6. The van der Waals surface area contributed by atoms with Crippen LogP contribution in [0.2, 0.25) is 0 Å². The molecule has 166 valence electrons. The van der Waals surface area contributed by atoms with Crippen LogP contribution in [-0.4, -0.2) is 24.0 Å². The van der Waals surface area contributed by atoms with Crippen LogP contribution in [0.5, 0.6) is 5.75 Å². The molecule has 0 bridgehead atoms. The maximum Gasteiger partial charge on any atom is 0.336 e. The molecule has 0 radical (unpaired) electrons. The van der Waals surface area contributed by atoms with Crippen molar-refractivity contribution in [3.63, 3.8) is 0 Å². The van der Waals surface area contributed by atoms with E-state index in [1.807, 2.05) is 30.3 Å². The van der Waals surface area contributed by atoms with E-state index in [-0.39, 0.29) is 11.4 Å². The third-order valence-corrected chi connectivity index (χ3v) is 4.57. The van der Waals surface area contributed by atoms with Crippen molar-refractivity contribution in [2.45, 2.75) is 0 Å². The summed E-state index contributed by atoms with van der Waals surface area (Å²) in [6.45, 7) is 0. The highest BCUT2D eigenvalue weighted by atomic mass is 79.9. The smallest absolute Gasteiger partial charge is 0.336 e. The summed E-state index contributed by atoms with van der Waals surface area (Å²) in [4.78, 5) is 36.0. The van der Waals surface area contributed by atoms with E-state index in [2.05, 4.69) is 31.8 Å². The second kappa shape index (κ2) is 11.5. The Morgan fingerprint density at radius 2 is 1.67 bits per heavy atom. The monoisotopic (exact) mass is 509 g/mol. The number of benzene rings is 3. The molecule has 0 unspecified atom stereocenters. The summed E-state index contributed by atoms with van der Waals surface area (Å²) < 4.78 is 19.0. The van der Waals surface area contributed by atoms with Crippen molar-refractivity contribution in [3.05, 3.63) is 100 Å². The van der Waals surface area contributed by atoms with Gasteiger partial charge in [0.15, 0.2) is 0 Å². The molecule has 9 heteroatoms. The normalized spacial score (nSPS) is 10.8. The minimum atomic E-state index is -1.03. The van der Waals surface area contributed by atoms with Crippen LogP contribution in [0, 0.1) is 5.82 Å². The zero-order chi connectivity index (χ0) is 23.6. The van der Waals surface area contributed by atoms with Gasteiger partial charge >= 0.3 is 17.8 Å². The number of carbonyl (C=O) groups is 3. The van der Waals surface area contributed by atoms with Crippen molar-refractivity contribution in [1.82, 2.24) is 5.43 Å². The van der Waals surface area contributed by atoms with Gasteiger partial charge in [-0.2, -0.15) is 5.10 Å². The molecule has 0 saturated heterocycles. The third kappa shape index (κ3) is 7.51. The Morgan fingerprint density at radius 1 is 0.939 bits per heavy atom. The third-order valence-electron chi connectivity index (χ3n) is 4.07. The molecule has 0 saturated carbocycles. The summed E-state index contributed by atoms with van der Waals surface area (Å²) >= 11 is 3.32. The van der Waals surface area contributed by atoms with E-state index in [1.54, 1.807) is 24.3 Å². The number of hydrazone groups is 1. The number of ether oxygens (including phenoxy) is 1. The van der Waals surface area contributed by atoms with Gasteiger partial charge in [0, 0.05) is 21.8 Å². The SMILES string of the molecule is O=C(/C=C/c1ccccc1)Oc1ccc(Br)cc1/C=N/NC(=O)C(=O)Nc1ccc(F)cc1. The summed E-state index contributed by atoms with van der Waals surface area (Å²) in [5.74, 6) is -2.88. The van der Waals surface area contributed by atoms with E-state index < -0.39 is 23.6 Å². The second-order valence-corrected chi connectivity index (χ2v) is 7.42. The molecule has 0 aliphatic rings. The maximum atomic E-state index is 12.9. The lowest BCUT2D eigenvalue weighted by molar-refractivity contribution is -0.136. The fourth-order valence-electron chi connectivity index (χ4n) is 2.52. The molecule has 3 rings (SSSR count). The number of anilines is 1. The number of halogens is 2. The summed E-state index contributed by atoms with van der Waals surface area (Å²) in [5, 5.41) is 6.06. The minimum absolute atomic E-state index is 0.203. The van der Waals surface area contributed by atoms with E-state index >= 15 is 0 Å². The molecule has 0 atom stereocenters. The number of nitrogens with one attached hydrogen (secondary N) is 2. The molecule has 3 aromatic rings. The Hall–Kier alpha value is -4.11. The number of nitrogens with zero attached hydrogens (tertiary/aromatic N) is 1. The molecular weight excluding hydrogens is 493 g/mol. The standard InChI is InChI=1S/C24H17BrFN3O4/c25-18-7-12-21(33-22(30)13-6-16-4-2-1-3-5-16)17(14-18)15-27-29-24(32)23(31)28-20-10-8-19(26)9-11-20/h1-15H,(H,28,31)(H,29,32)/b13-6+,27-15+. The Balaban J connectivity index is 1.61. The number of carbonyl (C=O) groups excluding carboxylic acids is 3. The first-order valence-electron chi connectivity index (χ1n) is 9.55. The highest BCUT2D eigenvalue weighted by Gasteiger charge is 2.13. The first-order chi connectivity index (χ1) is 15.9. The van der Waals surface area contributed by atoms with E-state index in [0.717, 1.165) is 17.7 Å². The van der Waals surface area contributed by atoms with Crippen LogP contribution >= 0.6 is 15.9 Å². The number of esters is 1. The molecule has 7 nitrogen and oxygen atoms in total. The van der Waals surface area contributed by atoms with Crippen LogP contribution in [0.4, 0.5) is 10.1 Å². The Bertz CT molecular complexity index is 1210. The Labute approximate surface area is 197 Å². The van der Waals surface area contributed by atoms with Gasteiger partial charge in [0.2, 0.25) is 0 Å². The topological polar surface area (TPSA) is 96.9 Å². The fourth-order valence-corrected chi connectivity index (χ4v) is 2.90. The van der Waals surface area contributed by atoms with Crippen LogP contribution in [-0.2, 0) is 14.4 Å². The van der Waals surface area contributed by atoms with Crippen LogP contribution in [0.3, 0.4) is 0 Å². The lowest BCUT2D eigenvalue weighted by Gasteiger charge is -2.06. The molecule has 0 heterocycles. The fraction of sp³-hybridized carbons (Fsp3) is 0. The molecule has 2 amide bonds. The largest absolute Gasteiger partial charge is 0.423 e. The predicted molar refractivity (Wildman–Crippen MR) is 126 cm³/mol. The van der Waals surface area contributed by atoms with Crippen molar-refractivity contribution in [2.75, 3.05) is 5.32 Å². The average molecular weight is 510 g/mol. The number of rotatable bonds is 6. The highest BCUT2D eigenvalue weighted by molar-refractivity contribution is 9.10. The molecule has 0 spiro atoms. The maximum absolute atomic E-state index is 12.9. The molecule has 2 N–H and O–H groups in total. The van der Waals surface area contributed by atoms with Gasteiger partial charge in [0.1, 0.15) is 11.6 Å². The Kier molecular flexibility index (Phi) is 8.20. The van der Waals surface area contributed by atoms with Crippen molar-refractivity contribution >= 4 is 51.7 Å². The lowest BCUT2D eigenvalue weighted by atomic mass is 10.2. The summed E-state index contributed by atoms with van der Waals surface area (Å²) in [7, 11) is 0. The predicted octanol–water partition coefficient (Wildman–Crippen LogP) is 4.30. The molecule has 0 aliphatic heterocycles. The van der Waals surface area contributed by atoms with Gasteiger partial charge in [-0.25, -0.2) is 14.6 Å². The van der Waals surface area contributed by atoms with Gasteiger partial charge in [-0.3, -0.25) is 9.59 Å². The van der Waals surface area contributed by atoms with Crippen LogP contribution in [0.1, 0.15) is 11.1 Å². The molecule has 33 heavy (non-hydrogen) atoms. The Morgan fingerprint density at radius 3 is 2.39 bits per heavy atom. The number of amides is 2. The highest BCUT2D eigenvalue weighted by Crippen LogP contribution is 2.22. The van der Waals surface area contributed by atoms with Crippen molar-refractivity contribution in [3.8, 4) is 5.75 Å². The molecule has 3 aromatic carbocycles. The van der Waals surface area contributed by atoms with Gasteiger partial charge in [-0.1, -0.05) is 46.3 Å². The molecular formula is C24H17BrFN3O4. The first kappa shape index (κ1) is 23.6. The van der Waals surface area contributed by atoms with E-state index in [4.69, 9.17) is 4.74 Å². The zero-order valence-electron chi connectivity index (χ0n) is 17.0. The van der Waals surface area contributed by atoms with Gasteiger partial charge in [-0.15, -0.1) is 0 Å². The van der Waals surface area contributed by atoms with Crippen LogP contribution in [0.15, 0.2) is 88.4 Å². The average Bonchev–Trinajstić information content (AvgIpc) is 2.81. The van der Waals surface area contributed by atoms with Crippen LogP contribution in [0.25, 0.3) is 6.08 Å². The molecule has 0 aliphatic carbocycles. The molecule has 0 aromatic heterocycles. The lowest BCUT2D eigenvalue weighted by Crippen LogP contribution is -2.32. The summed E-state index contributed by atoms with van der Waals surface area (Å²) in [6.07, 6.45) is 4.14. The summed E-state index contributed by atoms with van der Waals surface area (Å²) in [6, 6.07) is 19.0. The van der Waals surface area contributed by atoms with Crippen molar-refractivity contribution < 1.29 is 23.5 Å². The van der Waals surface area contributed by atoms with Gasteiger partial charge in [0.05, 0.1) is 6.21 Å². The first-order valence-corrected chi connectivity index (χ1v) is 10.3. The van der Waals surface area contributed by atoms with Gasteiger partial charge < -0.3 is 10.1 Å². The number of hydrogen-bond donors (Lipinski definition) is 2. The summed E-state index contributed by atoms with van der Waals surface area (Å²) in [5.41, 5.74) is 3.56. The van der Waals surface area contributed by atoms with Gasteiger partial charge in [-0.05, 0) is 54.1 Å². The van der Waals surface area contributed by atoms with E-state index in [9.17, 15) is 18.8 Å². The number of hydrogen-bond acceptors (Lipinski definition) is 5. The quantitative estimate of drug-likeness (QED) is 0.129. The van der Waals surface area contributed by atoms with E-state index in [1.165, 1.54) is 24.4 Å². The van der Waals surface area contributed by atoms with E-state index in [0.29, 0.717) is 10.0 Å². The van der Waals surface area contributed by atoms with Gasteiger partial charge in [0.25, 0.3) is 0 Å². The minimum Gasteiger partial charge on any atom is -0.423 e. The van der Waals surface area contributed by atoms with Crippen molar-refractivity contribution in [1.29, 1.82) is 0 Å². The molecule has 0 fully saturated rings.